The third-order valence-corrected chi connectivity index (χ3v) is 3.62. The Bertz CT molecular complexity index is 807. The number of carboxylic acid groups (broad SMARTS) is 1. The van der Waals surface area contributed by atoms with Crippen LogP contribution in [0.15, 0.2) is 47.1 Å². The second kappa shape index (κ2) is 4.76. The third kappa shape index (κ3) is 2.10. The van der Waals surface area contributed by atoms with Crippen LogP contribution in [-0.4, -0.2) is 20.5 Å². The number of carbonyl (C=O) groups is 1. The molecule has 100 valence electrons. The van der Waals surface area contributed by atoms with E-state index in [1.807, 2.05) is 47.9 Å². The van der Waals surface area contributed by atoms with Gasteiger partial charge in [-0.2, -0.15) is 0 Å². The van der Waals surface area contributed by atoms with Crippen LogP contribution in [0.3, 0.4) is 0 Å². The summed E-state index contributed by atoms with van der Waals surface area (Å²) in [6.45, 7) is 1.96. The molecule has 0 radical (unpaired) electrons. The third-order valence-electron chi connectivity index (χ3n) is 3.09. The maximum absolute atomic E-state index is 11.3. The molecule has 0 bridgehead atoms. The average molecular weight is 331 g/mol. The fourth-order valence-corrected chi connectivity index (χ4v) is 2.42. The summed E-state index contributed by atoms with van der Waals surface area (Å²) >= 11 is 3.39. The van der Waals surface area contributed by atoms with Gasteiger partial charge in [0.15, 0.2) is 5.69 Å². The summed E-state index contributed by atoms with van der Waals surface area (Å²) in [6.07, 6.45) is 1.89. The van der Waals surface area contributed by atoms with E-state index >= 15 is 0 Å². The maximum Gasteiger partial charge on any atom is 0.356 e. The molecule has 2 aromatic heterocycles. The van der Waals surface area contributed by atoms with Crippen molar-refractivity contribution in [3.8, 4) is 11.4 Å². The molecule has 0 aliphatic rings. The Kier molecular flexibility index (Phi) is 3.06. The Balaban J connectivity index is 2.32. The molecule has 4 nitrogen and oxygen atoms in total. The number of aryl methyl sites for hydroxylation is 1. The molecule has 0 aliphatic carbocycles. The van der Waals surface area contributed by atoms with Crippen molar-refractivity contribution in [2.75, 3.05) is 0 Å². The maximum atomic E-state index is 11.3. The van der Waals surface area contributed by atoms with E-state index < -0.39 is 5.97 Å². The molecule has 0 saturated heterocycles. The van der Waals surface area contributed by atoms with Crippen LogP contribution in [0.4, 0.5) is 0 Å². The number of carboxylic acids is 1. The van der Waals surface area contributed by atoms with E-state index in [-0.39, 0.29) is 5.69 Å². The predicted octanol–water partition coefficient (Wildman–Crippen LogP) is 3.77. The van der Waals surface area contributed by atoms with Gasteiger partial charge in [-0.1, -0.05) is 34.1 Å². The summed E-state index contributed by atoms with van der Waals surface area (Å²) in [4.78, 5) is 15.6. The Labute approximate surface area is 123 Å². The number of pyridine rings is 1. The van der Waals surface area contributed by atoms with Crippen LogP contribution < -0.4 is 0 Å². The van der Waals surface area contributed by atoms with Crippen LogP contribution in [0.1, 0.15) is 16.1 Å². The van der Waals surface area contributed by atoms with Crippen molar-refractivity contribution in [3.63, 3.8) is 0 Å². The van der Waals surface area contributed by atoms with E-state index in [0.717, 1.165) is 15.6 Å². The molecular formula is C15H11BrN2O2. The lowest BCUT2D eigenvalue weighted by molar-refractivity contribution is 0.0693. The van der Waals surface area contributed by atoms with Crippen molar-refractivity contribution in [1.29, 1.82) is 0 Å². The number of aromatic nitrogens is 2. The standard InChI is InChI=1S/C15H11BrN2O2/c1-9-2-7-12-13(15(19)20)17-14(18(12)8-9)10-3-5-11(16)6-4-10/h2-8H,1H3,(H,19,20). The van der Waals surface area contributed by atoms with E-state index in [4.69, 9.17) is 0 Å². The van der Waals surface area contributed by atoms with Crippen LogP contribution in [0, 0.1) is 6.92 Å². The second-order valence-corrected chi connectivity index (χ2v) is 5.47. The van der Waals surface area contributed by atoms with Gasteiger partial charge in [-0.25, -0.2) is 9.78 Å². The molecule has 2 heterocycles. The number of rotatable bonds is 2. The number of halogens is 1. The number of imidazole rings is 1. The molecule has 20 heavy (non-hydrogen) atoms. The molecule has 0 amide bonds. The minimum atomic E-state index is -1.02. The molecule has 5 heteroatoms. The first-order valence-corrected chi connectivity index (χ1v) is 6.83. The van der Waals surface area contributed by atoms with Crippen LogP contribution in [0.5, 0.6) is 0 Å². The Hall–Kier alpha value is -2.14. The van der Waals surface area contributed by atoms with Gasteiger partial charge in [0.05, 0.1) is 5.52 Å². The molecule has 3 aromatic rings. The second-order valence-electron chi connectivity index (χ2n) is 4.56. The highest BCUT2D eigenvalue weighted by atomic mass is 79.9. The zero-order valence-electron chi connectivity index (χ0n) is 10.7. The highest BCUT2D eigenvalue weighted by Gasteiger charge is 2.17. The average Bonchev–Trinajstić information content (AvgIpc) is 2.78. The lowest BCUT2D eigenvalue weighted by Gasteiger charge is -2.02. The molecule has 3 rings (SSSR count). The van der Waals surface area contributed by atoms with Gasteiger partial charge in [0.2, 0.25) is 0 Å². The largest absolute Gasteiger partial charge is 0.476 e. The quantitative estimate of drug-likeness (QED) is 0.778. The van der Waals surface area contributed by atoms with Crippen molar-refractivity contribution >= 4 is 27.4 Å². The van der Waals surface area contributed by atoms with E-state index in [1.165, 1.54) is 0 Å². The summed E-state index contributed by atoms with van der Waals surface area (Å²) in [5.41, 5.74) is 2.59. The van der Waals surface area contributed by atoms with E-state index in [2.05, 4.69) is 20.9 Å². The van der Waals surface area contributed by atoms with Crippen molar-refractivity contribution in [2.24, 2.45) is 0 Å². The predicted molar refractivity (Wildman–Crippen MR) is 80.0 cm³/mol. The van der Waals surface area contributed by atoms with E-state index in [9.17, 15) is 9.90 Å². The first-order valence-electron chi connectivity index (χ1n) is 6.04. The smallest absolute Gasteiger partial charge is 0.356 e. The number of hydrogen-bond acceptors (Lipinski definition) is 2. The minimum Gasteiger partial charge on any atom is -0.476 e. The summed E-state index contributed by atoms with van der Waals surface area (Å²) < 4.78 is 2.79. The molecule has 1 N–H and O–H groups in total. The first-order chi connectivity index (χ1) is 9.56. The molecule has 0 saturated carbocycles. The molecule has 1 aromatic carbocycles. The van der Waals surface area contributed by atoms with Gasteiger partial charge in [0.25, 0.3) is 0 Å². The SMILES string of the molecule is Cc1ccc2c(C(=O)O)nc(-c3ccc(Br)cc3)n2c1. The van der Waals surface area contributed by atoms with E-state index in [0.29, 0.717) is 11.3 Å². The Morgan fingerprint density at radius 3 is 2.55 bits per heavy atom. The van der Waals surface area contributed by atoms with Gasteiger partial charge in [-0.15, -0.1) is 0 Å². The highest BCUT2D eigenvalue weighted by Crippen LogP contribution is 2.25. The zero-order chi connectivity index (χ0) is 14.3. The number of hydrogen-bond donors (Lipinski definition) is 1. The number of aromatic carboxylic acids is 1. The van der Waals surface area contributed by atoms with Crippen LogP contribution in [-0.2, 0) is 0 Å². The molecule has 0 unspecified atom stereocenters. The summed E-state index contributed by atoms with van der Waals surface area (Å²) in [5, 5.41) is 9.27. The number of nitrogens with zero attached hydrogens (tertiary/aromatic N) is 2. The van der Waals surface area contributed by atoms with Crippen LogP contribution in [0.2, 0.25) is 0 Å². The Morgan fingerprint density at radius 2 is 1.90 bits per heavy atom. The normalized spacial score (nSPS) is 10.9. The van der Waals surface area contributed by atoms with Crippen molar-refractivity contribution in [1.82, 2.24) is 9.38 Å². The van der Waals surface area contributed by atoms with Crippen LogP contribution >= 0.6 is 15.9 Å². The zero-order valence-corrected chi connectivity index (χ0v) is 12.3. The van der Waals surface area contributed by atoms with Gasteiger partial charge in [0.1, 0.15) is 5.82 Å². The molecule has 0 atom stereocenters. The van der Waals surface area contributed by atoms with Gasteiger partial charge in [0, 0.05) is 16.2 Å². The fourth-order valence-electron chi connectivity index (χ4n) is 2.15. The van der Waals surface area contributed by atoms with Crippen LogP contribution in [0.25, 0.3) is 16.9 Å². The van der Waals surface area contributed by atoms with Crippen molar-refractivity contribution in [3.05, 3.63) is 58.3 Å². The van der Waals surface area contributed by atoms with Gasteiger partial charge in [-0.3, -0.25) is 4.40 Å². The summed E-state index contributed by atoms with van der Waals surface area (Å²) in [7, 11) is 0. The number of benzene rings is 1. The fraction of sp³-hybridized carbons (Fsp3) is 0.0667. The summed E-state index contributed by atoms with van der Waals surface area (Å²) in [6, 6.07) is 11.3. The van der Waals surface area contributed by atoms with Gasteiger partial charge < -0.3 is 5.11 Å². The summed E-state index contributed by atoms with van der Waals surface area (Å²) in [5.74, 6) is -0.386. The molecule has 0 aliphatic heterocycles. The van der Waals surface area contributed by atoms with Crippen molar-refractivity contribution < 1.29 is 9.90 Å². The Morgan fingerprint density at radius 1 is 1.20 bits per heavy atom. The van der Waals surface area contributed by atoms with Gasteiger partial charge >= 0.3 is 5.97 Å². The van der Waals surface area contributed by atoms with E-state index in [1.54, 1.807) is 6.07 Å². The van der Waals surface area contributed by atoms with Crippen molar-refractivity contribution in [2.45, 2.75) is 6.92 Å². The lowest BCUT2D eigenvalue weighted by atomic mass is 10.2. The molecular weight excluding hydrogens is 320 g/mol. The number of fused-ring (bicyclic) bond motifs is 1. The minimum absolute atomic E-state index is 0.0721. The lowest BCUT2D eigenvalue weighted by Crippen LogP contribution is -1.97. The highest BCUT2D eigenvalue weighted by molar-refractivity contribution is 9.10. The van der Waals surface area contributed by atoms with Gasteiger partial charge in [-0.05, 0) is 30.7 Å². The molecule has 0 spiro atoms. The topological polar surface area (TPSA) is 54.6 Å². The monoisotopic (exact) mass is 330 g/mol. The first kappa shape index (κ1) is 12.9. The molecule has 0 fully saturated rings.